The van der Waals surface area contributed by atoms with Crippen LogP contribution in [0, 0.1) is 0 Å². The van der Waals surface area contributed by atoms with E-state index < -0.39 is 0 Å². The molecule has 9 nitrogen and oxygen atoms in total. The van der Waals surface area contributed by atoms with E-state index in [4.69, 9.17) is 11.6 Å². The first-order valence-corrected chi connectivity index (χ1v) is 14.0. The van der Waals surface area contributed by atoms with Gasteiger partial charge in [-0.25, -0.2) is 14.8 Å². The average Bonchev–Trinajstić information content (AvgIpc) is 3.22. The van der Waals surface area contributed by atoms with E-state index in [1.54, 1.807) is 0 Å². The van der Waals surface area contributed by atoms with Crippen LogP contribution in [0.3, 0.4) is 0 Å². The highest BCUT2D eigenvalue weighted by atomic mass is 35.5. The first-order chi connectivity index (χ1) is 19.4. The van der Waals surface area contributed by atoms with Gasteiger partial charge in [-0.05, 0) is 37.0 Å². The predicted octanol–water partition coefficient (Wildman–Crippen LogP) is 4.90. The lowest BCUT2D eigenvalue weighted by Gasteiger charge is -2.38. The summed E-state index contributed by atoms with van der Waals surface area (Å²) >= 11 is 6.58. The van der Waals surface area contributed by atoms with Crippen molar-refractivity contribution in [3.05, 3.63) is 71.6 Å². The molecule has 6 rings (SSSR count). The Labute approximate surface area is 238 Å². The molecule has 0 spiro atoms. The number of rotatable bonds is 5. The summed E-state index contributed by atoms with van der Waals surface area (Å²) in [5.41, 5.74) is 4.50. The molecule has 0 radical (unpaired) electrons. The van der Waals surface area contributed by atoms with Gasteiger partial charge in [0.1, 0.15) is 24.3 Å². The summed E-state index contributed by atoms with van der Waals surface area (Å²) in [5, 5.41) is 4.55. The fraction of sp³-hybridized carbons (Fsp3) is 0.333. The summed E-state index contributed by atoms with van der Waals surface area (Å²) in [6, 6.07) is 15.7. The van der Waals surface area contributed by atoms with Gasteiger partial charge < -0.3 is 24.6 Å². The Balaban J connectivity index is 1.19. The molecule has 4 heterocycles. The van der Waals surface area contributed by atoms with Crippen LogP contribution in [-0.4, -0.2) is 76.0 Å². The van der Waals surface area contributed by atoms with E-state index in [2.05, 4.69) is 21.4 Å². The largest absolute Gasteiger partial charge is 0.362 e. The van der Waals surface area contributed by atoms with E-state index in [0.29, 0.717) is 30.3 Å². The van der Waals surface area contributed by atoms with Crippen molar-refractivity contribution in [1.82, 2.24) is 24.3 Å². The molecule has 2 aromatic heterocycles. The van der Waals surface area contributed by atoms with Crippen LogP contribution >= 0.6 is 11.6 Å². The summed E-state index contributed by atoms with van der Waals surface area (Å²) in [7, 11) is 3.88. The molecular formula is C30H32ClN7O2. The van der Waals surface area contributed by atoms with Crippen molar-refractivity contribution in [3.63, 3.8) is 0 Å². The fourth-order valence-electron chi connectivity index (χ4n) is 5.86. The number of hydrogen-bond donors (Lipinski definition) is 1. The number of fused-ring (bicyclic) bond motifs is 2. The van der Waals surface area contributed by atoms with Gasteiger partial charge in [-0.1, -0.05) is 48.0 Å². The zero-order valence-corrected chi connectivity index (χ0v) is 23.4. The normalized spacial score (nSPS) is 16.0. The van der Waals surface area contributed by atoms with Crippen molar-refractivity contribution < 1.29 is 9.59 Å². The van der Waals surface area contributed by atoms with Crippen LogP contribution in [0.25, 0.3) is 22.2 Å². The molecule has 4 aromatic rings. The Kier molecular flexibility index (Phi) is 7.06. The van der Waals surface area contributed by atoms with Gasteiger partial charge in [0.2, 0.25) is 5.91 Å². The predicted molar refractivity (Wildman–Crippen MR) is 158 cm³/mol. The number of benzene rings is 2. The number of urea groups is 1. The molecule has 1 saturated heterocycles. The van der Waals surface area contributed by atoms with E-state index in [-0.39, 0.29) is 24.5 Å². The van der Waals surface area contributed by atoms with E-state index in [1.165, 1.54) is 6.33 Å². The summed E-state index contributed by atoms with van der Waals surface area (Å²) < 4.78 is 1.90. The second kappa shape index (κ2) is 10.8. The zero-order chi connectivity index (χ0) is 27.8. The highest BCUT2D eigenvalue weighted by Gasteiger charge is 2.31. The minimum absolute atomic E-state index is 0.0267. The first kappa shape index (κ1) is 26.1. The third kappa shape index (κ3) is 4.86. The second-order valence-corrected chi connectivity index (χ2v) is 11.0. The molecule has 2 aromatic carbocycles. The molecule has 1 N–H and O–H groups in total. The molecule has 2 aliphatic rings. The Bertz CT molecular complexity index is 1580. The van der Waals surface area contributed by atoms with Crippen LogP contribution < -0.4 is 10.2 Å². The van der Waals surface area contributed by atoms with E-state index in [1.807, 2.05) is 82.0 Å². The summed E-state index contributed by atoms with van der Waals surface area (Å²) in [6.07, 6.45) is 5.81. The number of hydrogen-bond acceptors (Lipinski definition) is 5. The smallest absolute Gasteiger partial charge is 0.322 e. The minimum Gasteiger partial charge on any atom is -0.362 e. The molecule has 3 amide bonds. The average molecular weight is 558 g/mol. The van der Waals surface area contributed by atoms with Crippen LogP contribution in [-0.2, 0) is 17.8 Å². The Morgan fingerprint density at radius 2 is 1.77 bits per heavy atom. The van der Waals surface area contributed by atoms with Gasteiger partial charge in [-0.15, -0.1) is 0 Å². The fourth-order valence-corrected chi connectivity index (χ4v) is 6.10. The summed E-state index contributed by atoms with van der Waals surface area (Å²) in [4.78, 5) is 41.4. The number of amides is 3. The van der Waals surface area contributed by atoms with Gasteiger partial charge >= 0.3 is 6.03 Å². The van der Waals surface area contributed by atoms with E-state index in [9.17, 15) is 9.59 Å². The van der Waals surface area contributed by atoms with Crippen molar-refractivity contribution in [2.24, 2.45) is 0 Å². The monoisotopic (exact) mass is 557 g/mol. The minimum atomic E-state index is -0.0583. The Morgan fingerprint density at radius 1 is 1.02 bits per heavy atom. The lowest BCUT2D eigenvalue weighted by molar-refractivity contribution is -0.133. The molecule has 206 valence electrons. The molecule has 0 atom stereocenters. The molecule has 0 bridgehead atoms. The summed E-state index contributed by atoms with van der Waals surface area (Å²) in [6.45, 7) is 2.05. The maximum Gasteiger partial charge on any atom is 0.322 e. The Hall–Kier alpha value is -4.11. The van der Waals surface area contributed by atoms with Gasteiger partial charge in [-0.3, -0.25) is 4.79 Å². The Morgan fingerprint density at radius 3 is 2.55 bits per heavy atom. The molecule has 0 unspecified atom stereocenters. The number of piperidine rings is 1. The van der Waals surface area contributed by atoms with E-state index in [0.717, 1.165) is 52.8 Å². The second-order valence-electron chi connectivity index (χ2n) is 10.6. The molecule has 0 aliphatic carbocycles. The number of halogens is 1. The van der Waals surface area contributed by atoms with Gasteiger partial charge in [-0.2, -0.15) is 0 Å². The van der Waals surface area contributed by atoms with Crippen molar-refractivity contribution in [3.8, 4) is 11.1 Å². The maximum atomic E-state index is 13.5. The molecule has 10 heteroatoms. The molecule has 2 aliphatic heterocycles. The standard InChI is InChI=1S/C30H32ClN7O2/c1-35(2)28-27-23(22-8-4-5-9-24(22)31)17-37(29(27)33-19-32-28)18-26(39)36-14-12-21(13-15-36)38-16-11-20-7-3-6-10-25(20)34-30(38)40/h3-10,17,19,21H,11-16,18H2,1-2H3,(H,34,40). The number of aromatic nitrogens is 3. The lowest BCUT2D eigenvalue weighted by atomic mass is 10.0. The third-order valence-corrected chi connectivity index (χ3v) is 8.26. The van der Waals surface area contributed by atoms with Gasteiger partial charge in [0, 0.05) is 67.8 Å². The molecule has 0 saturated carbocycles. The van der Waals surface area contributed by atoms with Gasteiger partial charge in [0.05, 0.1) is 5.39 Å². The highest BCUT2D eigenvalue weighted by Crippen LogP contribution is 2.38. The van der Waals surface area contributed by atoms with Crippen molar-refractivity contribution in [1.29, 1.82) is 0 Å². The van der Waals surface area contributed by atoms with Gasteiger partial charge in [0.15, 0.2) is 0 Å². The number of nitrogens with one attached hydrogen (secondary N) is 1. The van der Waals surface area contributed by atoms with Crippen LogP contribution in [0.4, 0.5) is 16.3 Å². The van der Waals surface area contributed by atoms with Crippen LogP contribution in [0.15, 0.2) is 61.1 Å². The summed E-state index contributed by atoms with van der Waals surface area (Å²) in [5.74, 6) is 0.795. The van der Waals surface area contributed by atoms with Crippen molar-refractivity contribution >= 4 is 46.1 Å². The maximum absolute atomic E-state index is 13.5. The molecule has 1 fully saturated rings. The lowest BCUT2D eigenvalue weighted by Crippen LogP contribution is -2.50. The zero-order valence-electron chi connectivity index (χ0n) is 22.7. The number of nitrogens with zero attached hydrogens (tertiary/aromatic N) is 6. The molecular weight excluding hydrogens is 526 g/mol. The highest BCUT2D eigenvalue weighted by molar-refractivity contribution is 6.33. The number of likely N-dealkylation sites (tertiary alicyclic amines) is 1. The number of carbonyl (C=O) groups is 2. The third-order valence-electron chi connectivity index (χ3n) is 7.93. The van der Waals surface area contributed by atoms with Crippen molar-refractivity contribution in [2.75, 3.05) is 43.9 Å². The van der Waals surface area contributed by atoms with E-state index >= 15 is 0 Å². The first-order valence-electron chi connectivity index (χ1n) is 13.6. The van der Waals surface area contributed by atoms with Crippen LogP contribution in [0.2, 0.25) is 5.02 Å². The SMILES string of the molecule is CN(C)c1ncnc2c1c(-c1ccccc1Cl)cn2CC(=O)N1CCC(N2CCc3ccccc3NC2=O)CC1. The quantitative estimate of drug-likeness (QED) is 0.377. The number of anilines is 2. The van der Waals surface area contributed by atoms with Crippen LogP contribution in [0.5, 0.6) is 0 Å². The number of para-hydroxylation sites is 1. The number of carbonyl (C=O) groups excluding carboxylic acids is 2. The molecule has 40 heavy (non-hydrogen) atoms. The topological polar surface area (TPSA) is 86.6 Å². The van der Waals surface area contributed by atoms with Crippen molar-refractivity contribution in [2.45, 2.75) is 31.8 Å². The van der Waals surface area contributed by atoms with Gasteiger partial charge in [0.25, 0.3) is 0 Å². The van der Waals surface area contributed by atoms with Crippen LogP contribution in [0.1, 0.15) is 18.4 Å².